The molecule has 0 bridgehead atoms. The van der Waals surface area contributed by atoms with Crippen LogP contribution in [0.3, 0.4) is 0 Å². The van der Waals surface area contributed by atoms with Crippen LogP contribution in [0.4, 0.5) is 5.13 Å². The molecule has 39 heavy (non-hydrogen) atoms. The minimum absolute atomic E-state index is 0.114. The minimum atomic E-state index is -1.24. The molecule has 1 saturated heterocycles. The molecule has 2 unspecified atom stereocenters. The third-order valence-corrected chi connectivity index (χ3v) is 8.76. The summed E-state index contributed by atoms with van der Waals surface area (Å²) in [6.07, 6.45) is 2.78. The number of amidine groups is 1. The molecule has 3 atom stereocenters. The first-order valence-corrected chi connectivity index (χ1v) is 14.5. The summed E-state index contributed by atoms with van der Waals surface area (Å²) in [5.41, 5.74) is 18.2. The number of thiazole rings is 1. The number of nitrogen functional groups attached to an aromatic ring is 1. The lowest BCUT2D eigenvalue weighted by molar-refractivity contribution is -0.150. The number of aromatic nitrogens is 1. The molecular weight excluding hydrogens is 567 g/mol. The molecule has 0 saturated carbocycles. The number of rotatable bonds is 10. The van der Waals surface area contributed by atoms with Crippen molar-refractivity contribution in [1.29, 1.82) is 0 Å². The van der Waals surface area contributed by atoms with Gasteiger partial charge in [-0.3, -0.25) is 14.5 Å². The molecular formula is C22H27N9O5S3. The van der Waals surface area contributed by atoms with Crippen molar-refractivity contribution in [2.75, 3.05) is 30.4 Å². The van der Waals surface area contributed by atoms with Gasteiger partial charge < -0.3 is 37.4 Å². The van der Waals surface area contributed by atoms with Crippen molar-refractivity contribution in [3.8, 4) is 0 Å². The van der Waals surface area contributed by atoms with Gasteiger partial charge >= 0.3 is 5.97 Å². The van der Waals surface area contributed by atoms with E-state index < -0.39 is 35.4 Å². The second kappa shape index (κ2) is 12.1. The molecule has 14 nitrogen and oxygen atoms in total. The lowest BCUT2D eigenvalue weighted by atomic mass is 10.0. The summed E-state index contributed by atoms with van der Waals surface area (Å²) in [6.45, 7) is 6.07. The van der Waals surface area contributed by atoms with Crippen LogP contribution in [0, 0.1) is 0 Å². The van der Waals surface area contributed by atoms with Gasteiger partial charge in [0, 0.05) is 23.4 Å². The van der Waals surface area contributed by atoms with Gasteiger partial charge in [-0.2, -0.15) is 0 Å². The summed E-state index contributed by atoms with van der Waals surface area (Å²) in [7, 11) is 0. The van der Waals surface area contributed by atoms with Crippen molar-refractivity contribution in [2.24, 2.45) is 21.6 Å². The average Bonchev–Trinajstić information content (AvgIpc) is 3.32. The Hall–Kier alpha value is -3.54. The van der Waals surface area contributed by atoms with Crippen molar-refractivity contribution in [3.05, 3.63) is 46.9 Å². The number of oxime groups is 1. The van der Waals surface area contributed by atoms with Crippen LogP contribution >= 0.6 is 34.9 Å². The van der Waals surface area contributed by atoms with Crippen LogP contribution in [0.25, 0.3) is 0 Å². The van der Waals surface area contributed by atoms with Crippen LogP contribution < -0.4 is 22.5 Å². The normalized spacial score (nSPS) is 23.0. The molecule has 0 aliphatic carbocycles. The summed E-state index contributed by atoms with van der Waals surface area (Å²) < 4.78 is 0. The van der Waals surface area contributed by atoms with Gasteiger partial charge in [0.1, 0.15) is 41.4 Å². The number of carbonyl (C=O) groups excluding carboxylic acids is 2. The van der Waals surface area contributed by atoms with Crippen LogP contribution in [-0.4, -0.2) is 90.8 Å². The molecule has 3 aliphatic heterocycles. The van der Waals surface area contributed by atoms with Gasteiger partial charge in [-0.05, 0) is 18.6 Å². The molecule has 1 aromatic rings. The van der Waals surface area contributed by atoms with E-state index in [1.807, 2.05) is 0 Å². The maximum absolute atomic E-state index is 13.1. The van der Waals surface area contributed by atoms with E-state index in [4.69, 9.17) is 22.0 Å². The number of carboxylic acids is 1. The van der Waals surface area contributed by atoms with E-state index in [1.54, 1.807) is 29.4 Å². The van der Waals surface area contributed by atoms with E-state index >= 15 is 0 Å². The molecule has 8 N–H and O–H groups in total. The zero-order valence-electron chi connectivity index (χ0n) is 20.8. The minimum Gasteiger partial charge on any atom is -0.477 e. The molecule has 0 aromatic carbocycles. The number of β-lactam (4-membered cyclic amide) rings is 1. The Kier molecular flexibility index (Phi) is 8.83. The van der Waals surface area contributed by atoms with Crippen LogP contribution in [0.1, 0.15) is 12.6 Å². The van der Waals surface area contributed by atoms with E-state index in [0.29, 0.717) is 23.0 Å². The summed E-state index contributed by atoms with van der Waals surface area (Å²) in [6, 6.07) is -0.956. The van der Waals surface area contributed by atoms with Crippen molar-refractivity contribution in [3.63, 3.8) is 0 Å². The number of carbonyl (C=O) groups is 3. The molecule has 17 heteroatoms. The number of hydrogen-bond donors (Lipinski definition) is 5. The fourth-order valence-electron chi connectivity index (χ4n) is 3.94. The Morgan fingerprint density at radius 2 is 2.21 bits per heavy atom. The first kappa shape index (κ1) is 28.5. The number of anilines is 1. The number of nitrogens with zero attached hydrogens (tertiary/aromatic N) is 5. The monoisotopic (exact) mass is 593 g/mol. The maximum atomic E-state index is 13.1. The third-order valence-electron chi connectivity index (χ3n) is 5.67. The van der Waals surface area contributed by atoms with Crippen LogP contribution in [0.5, 0.6) is 0 Å². The lowest BCUT2D eigenvalue weighted by Gasteiger charge is -2.49. The molecule has 0 spiro atoms. The van der Waals surface area contributed by atoms with Gasteiger partial charge in [0.25, 0.3) is 11.8 Å². The summed E-state index contributed by atoms with van der Waals surface area (Å²) >= 11 is 3.74. The SMILES string of the molecule is C=CCN1C(SCC2=C(C(=O)O)N3C(=O)C(NC(=O)/C(=N\OCC)c4csc(N)n4)[C@@H]3SC2)=NC(N)=CC1N. The largest absolute Gasteiger partial charge is 0.477 e. The first-order chi connectivity index (χ1) is 18.7. The number of aliphatic imine (C=N–C) groups is 1. The second-order valence-corrected chi connectivity index (χ2v) is 11.2. The third kappa shape index (κ3) is 5.90. The van der Waals surface area contributed by atoms with E-state index in [1.165, 1.54) is 28.4 Å². The van der Waals surface area contributed by atoms with Crippen molar-refractivity contribution < 1.29 is 24.3 Å². The molecule has 208 valence electrons. The van der Waals surface area contributed by atoms with E-state index in [-0.39, 0.29) is 40.4 Å². The van der Waals surface area contributed by atoms with Crippen molar-refractivity contribution in [2.45, 2.75) is 24.5 Å². The Morgan fingerprint density at radius 3 is 2.85 bits per heavy atom. The topological polar surface area (TPSA) is 215 Å². The van der Waals surface area contributed by atoms with Gasteiger partial charge in [0.15, 0.2) is 16.0 Å². The molecule has 1 aromatic heterocycles. The highest BCUT2D eigenvalue weighted by atomic mass is 32.2. The van der Waals surface area contributed by atoms with Gasteiger partial charge in [-0.25, -0.2) is 14.8 Å². The smallest absolute Gasteiger partial charge is 0.352 e. The van der Waals surface area contributed by atoms with Crippen LogP contribution in [0.2, 0.25) is 0 Å². The number of aliphatic carboxylic acids is 1. The number of hydrogen-bond acceptors (Lipinski definition) is 14. The Bertz CT molecular complexity index is 1310. The lowest BCUT2D eigenvalue weighted by Crippen LogP contribution is -2.71. The molecule has 0 radical (unpaired) electrons. The standard InChI is InChI=1S/C22H27N9O5S3/c1-3-5-30-13(24)6-12(23)27-22(30)39-8-10-7-37-19-15(18(33)31(19)16(10)20(34)35)28-17(32)14(29-36-4-2)11-9-38-21(25)26-11/h3,6,9,13,15,19H,1,4-5,7-8,23-24H2,2H3,(H2,25,26)(H,28,32)(H,34,35)/b29-14-/t13?,15?,19-/m0/s1. The van der Waals surface area contributed by atoms with Crippen LogP contribution in [-0.2, 0) is 19.2 Å². The highest BCUT2D eigenvalue weighted by Crippen LogP contribution is 2.41. The second-order valence-electron chi connectivity index (χ2n) is 8.25. The predicted octanol–water partition coefficient (Wildman–Crippen LogP) is -0.120. The highest BCUT2D eigenvalue weighted by Gasteiger charge is 2.54. The predicted molar refractivity (Wildman–Crippen MR) is 151 cm³/mol. The quantitative estimate of drug-likeness (QED) is 0.104. The fourth-order valence-corrected chi connectivity index (χ4v) is 7.04. The van der Waals surface area contributed by atoms with Gasteiger partial charge in [-0.15, -0.1) is 29.7 Å². The summed E-state index contributed by atoms with van der Waals surface area (Å²) in [5.74, 6) is -1.65. The molecule has 4 rings (SSSR count). The number of thioether (sulfide) groups is 2. The molecule has 2 amide bonds. The number of amides is 2. The first-order valence-electron chi connectivity index (χ1n) is 11.6. The van der Waals surface area contributed by atoms with E-state index in [0.717, 1.165) is 11.3 Å². The van der Waals surface area contributed by atoms with Gasteiger partial charge in [0.05, 0.1) is 0 Å². The molecule has 3 aliphatic rings. The van der Waals surface area contributed by atoms with Crippen LogP contribution in [0.15, 0.2) is 51.4 Å². The summed E-state index contributed by atoms with van der Waals surface area (Å²) in [5, 5.41) is 18.2. The Labute approximate surface area is 236 Å². The van der Waals surface area contributed by atoms with E-state index in [9.17, 15) is 19.5 Å². The molecule has 1 fully saturated rings. The number of carboxylic acid groups (broad SMARTS) is 1. The maximum Gasteiger partial charge on any atom is 0.352 e. The van der Waals surface area contributed by atoms with Crippen molar-refractivity contribution in [1.82, 2.24) is 20.1 Å². The Morgan fingerprint density at radius 1 is 1.44 bits per heavy atom. The van der Waals surface area contributed by atoms with Gasteiger partial charge in [0.2, 0.25) is 0 Å². The van der Waals surface area contributed by atoms with Crippen molar-refractivity contribution >= 4 is 68.7 Å². The zero-order chi connectivity index (χ0) is 28.3. The molecule has 4 heterocycles. The average molecular weight is 594 g/mol. The van der Waals surface area contributed by atoms with Gasteiger partial charge in [-0.1, -0.05) is 23.0 Å². The van der Waals surface area contributed by atoms with E-state index in [2.05, 4.69) is 27.0 Å². The number of fused-ring (bicyclic) bond motifs is 1. The summed E-state index contributed by atoms with van der Waals surface area (Å²) in [4.78, 5) is 54.8. The number of nitrogens with one attached hydrogen (secondary N) is 1. The fraction of sp³-hybridized carbons (Fsp3) is 0.364. The number of nitrogens with two attached hydrogens (primary N) is 3. The Balaban J connectivity index is 1.49. The highest BCUT2D eigenvalue weighted by molar-refractivity contribution is 8.14. The zero-order valence-corrected chi connectivity index (χ0v) is 23.2.